The van der Waals surface area contributed by atoms with E-state index in [1.165, 1.54) is 10.7 Å². The van der Waals surface area contributed by atoms with Crippen LogP contribution >= 0.6 is 0 Å². The zero-order chi connectivity index (χ0) is 20.2. The summed E-state index contributed by atoms with van der Waals surface area (Å²) in [6, 6.07) is 22.9. The van der Waals surface area contributed by atoms with Gasteiger partial charge in [-0.25, -0.2) is 14.6 Å². The Labute approximate surface area is 168 Å². The molecule has 0 aliphatic rings. The van der Waals surface area contributed by atoms with Crippen LogP contribution in [0.5, 0.6) is 0 Å². The molecule has 1 N–H and O–H groups in total. The zero-order valence-corrected chi connectivity index (χ0v) is 16.3. The molecule has 6 nitrogen and oxygen atoms in total. The fourth-order valence-corrected chi connectivity index (χ4v) is 3.04. The SMILES string of the molecule is CC(C)n1nc(-c2cnc(Nc3ccccc3)nc2-c2ccccc2)ccc1=O. The molecule has 0 unspecified atom stereocenters. The van der Waals surface area contributed by atoms with Gasteiger partial charge in [0.1, 0.15) is 0 Å². The van der Waals surface area contributed by atoms with Crippen LogP contribution in [0.4, 0.5) is 11.6 Å². The second kappa shape index (κ2) is 8.06. The molecule has 4 aromatic rings. The highest BCUT2D eigenvalue weighted by atomic mass is 16.1. The molecule has 0 aliphatic carbocycles. The smallest absolute Gasteiger partial charge is 0.267 e. The average Bonchev–Trinajstić information content (AvgIpc) is 2.75. The van der Waals surface area contributed by atoms with Crippen molar-refractivity contribution in [1.82, 2.24) is 19.7 Å². The molecular weight excluding hydrogens is 362 g/mol. The number of nitrogens with one attached hydrogen (secondary N) is 1. The summed E-state index contributed by atoms with van der Waals surface area (Å²) in [4.78, 5) is 21.4. The molecule has 0 bridgehead atoms. The highest BCUT2D eigenvalue weighted by molar-refractivity contribution is 5.79. The van der Waals surface area contributed by atoms with Gasteiger partial charge in [0.05, 0.1) is 17.4 Å². The average molecular weight is 383 g/mol. The van der Waals surface area contributed by atoms with Gasteiger partial charge in [-0.3, -0.25) is 4.79 Å². The number of hydrogen-bond donors (Lipinski definition) is 1. The summed E-state index contributed by atoms with van der Waals surface area (Å²) in [6.45, 7) is 3.86. The molecule has 0 amide bonds. The fraction of sp³-hybridized carbons (Fsp3) is 0.130. The first-order valence-electron chi connectivity index (χ1n) is 9.46. The summed E-state index contributed by atoms with van der Waals surface area (Å²) in [5, 5.41) is 7.78. The van der Waals surface area contributed by atoms with Gasteiger partial charge < -0.3 is 5.32 Å². The van der Waals surface area contributed by atoms with Gasteiger partial charge in [0.25, 0.3) is 5.56 Å². The van der Waals surface area contributed by atoms with Crippen LogP contribution in [-0.2, 0) is 0 Å². The van der Waals surface area contributed by atoms with Crippen LogP contribution in [0.25, 0.3) is 22.5 Å². The van der Waals surface area contributed by atoms with E-state index in [1.807, 2.05) is 74.5 Å². The Kier molecular flexibility index (Phi) is 5.16. The van der Waals surface area contributed by atoms with E-state index in [2.05, 4.69) is 15.4 Å². The number of hydrogen-bond acceptors (Lipinski definition) is 5. The first-order valence-corrected chi connectivity index (χ1v) is 9.46. The Bertz CT molecular complexity index is 1170. The van der Waals surface area contributed by atoms with Crippen molar-refractivity contribution in [2.24, 2.45) is 0 Å². The van der Waals surface area contributed by atoms with Crippen LogP contribution in [-0.4, -0.2) is 19.7 Å². The summed E-state index contributed by atoms with van der Waals surface area (Å²) in [5.74, 6) is 0.496. The van der Waals surface area contributed by atoms with Crippen molar-refractivity contribution in [3.63, 3.8) is 0 Å². The van der Waals surface area contributed by atoms with Gasteiger partial charge in [-0.05, 0) is 32.0 Å². The number of aromatic nitrogens is 4. The molecule has 2 heterocycles. The molecule has 0 aliphatic heterocycles. The lowest BCUT2D eigenvalue weighted by Gasteiger charge is -2.13. The van der Waals surface area contributed by atoms with E-state index in [9.17, 15) is 4.79 Å². The Morgan fingerprint density at radius 2 is 1.59 bits per heavy atom. The van der Waals surface area contributed by atoms with Crippen molar-refractivity contribution < 1.29 is 0 Å². The molecular formula is C23H21N5O. The molecule has 144 valence electrons. The highest BCUT2D eigenvalue weighted by Gasteiger charge is 2.15. The van der Waals surface area contributed by atoms with Crippen LogP contribution in [0, 0.1) is 0 Å². The first-order chi connectivity index (χ1) is 14.1. The van der Waals surface area contributed by atoms with E-state index in [0.29, 0.717) is 11.6 Å². The quantitative estimate of drug-likeness (QED) is 0.541. The summed E-state index contributed by atoms with van der Waals surface area (Å²) < 4.78 is 1.47. The Hall–Kier alpha value is -3.80. The van der Waals surface area contributed by atoms with E-state index in [0.717, 1.165) is 22.5 Å². The minimum Gasteiger partial charge on any atom is -0.324 e. The van der Waals surface area contributed by atoms with Crippen molar-refractivity contribution in [2.75, 3.05) is 5.32 Å². The largest absolute Gasteiger partial charge is 0.324 e. The van der Waals surface area contributed by atoms with Crippen LogP contribution in [0.15, 0.2) is 83.8 Å². The predicted octanol–water partition coefficient (Wildman–Crippen LogP) is 4.69. The molecule has 0 saturated carbocycles. The Morgan fingerprint density at radius 1 is 0.897 bits per heavy atom. The summed E-state index contributed by atoms with van der Waals surface area (Å²) >= 11 is 0. The molecule has 2 aromatic carbocycles. The first kappa shape index (κ1) is 18.6. The molecule has 0 saturated heterocycles. The van der Waals surface area contributed by atoms with Crippen molar-refractivity contribution in [1.29, 1.82) is 0 Å². The monoisotopic (exact) mass is 383 g/mol. The lowest BCUT2D eigenvalue weighted by molar-refractivity contribution is 0.505. The van der Waals surface area contributed by atoms with Gasteiger partial charge >= 0.3 is 0 Å². The molecule has 0 spiro atoms. The molecule has 29 heavy (non-hydrogen) atoms. The maximum atomic E-state index is 12.1. The van der Waals surface area contributed by atoms with Gasteiger partial charge in [0.2, 0.25) is 5.95 Å². The predicted molar refractivity (Wildman–Crippen MR) is 115 cm³/mol. The minimum atomic E-state index is -0.131. The van der Waals surface area contributed by atoms with Crippen LogP contribution < -0.4 is 10.9 Å². The summed E-state index contributed by atoms with van der Waals surface area (Å²) in [5.41, 5.74) is 3.90. The molecule has 4 rings (SSSR count). The third-order valence-electron chi connectivity index (χ3n) is 4.46. The molecule has 0 radical (unpaired) electrons. The maximum absolute atomic E-state index is 12.1. The standard InChI is InChI=1S/C23H21N5O/c1-16(2)28-21(29)14-13-20(27-28)19-15-24-23(25-18-11-7-4-8-12-18)26-22(19)17-9-5-3-6-10-17/h3-16H,1-2H3,(H,24,25,26). The van der Waals surface area contributed by atoms with Gasteiger partial charge in [-0.2, -0.15) is 5.10 Å². The van der Waals surface area contributed by atoms with Gasteiger partial charge in [-0.15, -0.1) is 0 Å². The number of anilines is 2. The molecule has 2 aromatic heterocycles. The van der Waals surface area contributed by atoms with Crippen molar-refractivity contribution in [3.8, 4) is 22.5 Å². The minimum absolute atomic E-state index is 0.0393. The van der Waals surface area contributed by atoms with Crippen molar-refractivity contribution in [2.45, 2.75) is 19.9 Å². The second-order valence-electron chi connectivity index (χ2n) is 6.91. The van der Waals surface area contributed by atoms with E-state index < -0.39 is 0 Å². The van der Waals surface area contributed by atoms with Crippen LogP contribution in [0.1, 0.15) is 19.9 Å². The topological polar surface area (TPSA) is 72.7 Å². The van der Waals surface area contributed by atoms with E-state index in [4.69, 9.17) is 4.98 Å². The number of nitrogens with zero attached hydrogens (tertiary/aromatic N) is 4. The van der Waals surface area contributed by atoms with Gasteiger partial charge in [0, 0.05) is 29.1 Å². The van der Waals surface area contributed by atoms with Gasteiger partial charge in [-0.1, -0.05) is 48.5 Å². The van der Waals surface area contributed by atoms with Crippen molar-refractivity contribution >= 4 is 11.6 Å². The number of para-hydroxylation sites is 1. The van der Waals surface area contributed by atoms with E-state index in [1.54, 1.807) is 12.3 Å². The Morgan fingerprint density at radius 3 is 2.28 bits per heavy atom. The summed E-state index contributed by atoms with van der Waals surface area (Å²) in [6.07, 6.45) is 1.75. The van der Waals surface area contributed by atoms with E-state index >= 15 is 0 Å². The Balaban J connectivity index is 1.84. The molecule has 0 atom stereocenters. The zero-order valence-electron chi connectivity index (χ0n) is 16.3. The van der Waals surface area contributed by atoms with Crippen LogP contribution in [0.2, 0.25) is 0 Å². The third-order valence-corrected chi connectivity index (χ3v) is 4.46. The summed E-state index contributed by atoms with van der Waals surface area (Å²) in [7, 11) is 0. The lowest BCUT2D eigenvalue weighted by atomic mass is 10.0. The van der Waals surface area contributed by atoms with Gasteiger partial charge in [0.15, 0.2) is 0 Å². The number of rotatable bonds is 5. The number of benzene rings is 2. The maximum Gasteiger partial charge on any atom is 0.267 e. The molecule has 0 fully saturated rings. The van der Waals surface area contributed by atoms with Crippen LogP contribution in [0.3, 0.4) is 0 Å². The molecule has 6 heteroatoms. The second-order valence-corrected chi connectivity index (χ2v) is 6.91. The fourth-order valence-electron chi connectivity index (χ4n) is 3.04. The van der Waals surface area contributed by atoms with Crippen molar-refractivity contribution in [3.05, 3.63) is 89.3 Å². The normalized spacial score (nSPS) is 10.9. The highest BCUT2D eigenvalue weighted by Crippen LogP contribution is 2.30. The van der Waals surface area contributed by atoms with E-state index in [-0.39, 0.29) is 11.6 Å². The third kappa shape index (κ3) is 4.06. The lowest BCUT2D eigenvalue weighted by Crippen LogP contribution is -2.24.